The van der Waals surface area contributed by atoms with Crippen molar-refractivity contribution in [3.05, 3.63) is 29.3 Å². The van der Waals surface area contributed by atoms with Gasteiger partial charge in [0.05, 0.1) is 13.7 Å². The van der Waals surface area contributed by atoms with Crippen molar-refractivity contribution >= 4 is 33.9 Å². The van der Waals surface area contributed by atoms with E-state index in [-0.39, 0.29) is 5.57 Å². The van der Waals surface area contributed by atoms with Crippen LogP contribution in [0.4, 0.5) is 0 Å². The van der Waals surface area contributed by atoms with E-state index in [1.807, 2.05) is 0 Å². The first-order chi connectivity index (χ1) is 11.4. The van der Waals surface area contributed by atoms with Crippen LogP contribution in [0.1, 0.15) is 25.8 Å². The Bertz CT molecular complexity index is 643. The van der Waals surface area contributed by atoms with Crippen LogP contribution in [-0.4, -0.2) is 36.8 Å². The highest BCUT2D eigenvalue weighted by atomic mass is 79.9. The number of halogens is 1. The van der Waals surface area contributed by atoms with E-state index >= 15 is 0 Å². The molecule has 0 aliphatic carbocycles. The molecule has 1 aromatic rings. The van der Waals surface area contributed by atoms with Gasteiger partial charge in [0, 0.05) is 19.2 Å². The smallest absolute Gasteiger partial charge is 0.348 e. The Labute approximate surface area is 148 Å². The highest BCUT2D eigenvalue weighted by Crippen LogP contribution is 2.30. The van der Waals surface area contributed by atoms with Gasteiger partial charge in [-0.2, -0.15) is 0 Å². The number of carbonyl (C=O) groups is 2. The molecule has 130 valence electrons. The van der Waals surface area contributed by atoms with Gasteiger partial charge in [-0.25, -0.2) is 9.59 Å². The number of rotatable bonds is 6. The molecule has 0 N–H and O–H groups in total. The van der Waals surface area contributed by atoms with E-state index in [4.69, 9.17) is 18.9 Å². The number of carbonyl (C=O) groups excluding carboxylic acids is 2. The molecule has 0 amide bonds. The fourth-order valence-electron chi connectivity index (χ4n) is 2.08. The second kappa shape index (κ2) is 7.70. The maximum absolute atomic E-state index is 12.0. The molecule has 24 heavy (non-hydrogen) atoms. The van der Waals surface area contributed by atoms with E-state index in [1.165, 1.54) is 27.0 Å². The van der Waals surface area contributed by atoms with Crippen LogP contribution >= 0.6 is 15.9 Å². The van der Waals surface area contributed by atoms with E-state index in [1.54, 1.807) is 18.2 Å². The summed E-state index contributed by atoms with van der Waals surface area (Å²) in [5.74, 6) is -1.58. The molecule has 2 rings (SSSR count). The summed E-state index contributed by atoms with van der Waals surface area (Å²) < 4.78 is 21.0. The molecule has 1 aromatic carbocycles. The number of esters is 2. The number of hydrogen-bond acceptors (Lipinski definition) is 6. The van der Waals surface area contributed by atoms with Crippen molar-refractivity contribution < 1.29 is 28.5 Å². The van der Waals surface area contributed by atoms with E-state index in [0.717, 1.165) is 11.8 Å². The van der Waals surface area contributed by atoms with Crippen LogP contribution < -0.4 is 9.47 Å². The van der Waals surface area contributed by atoms with Crippen LogP contribution in [0.2, 0.25) is 0 Å². The summed E-state index contributed by atoms with van der Waals surface area (Å²) in [7, 11) is 1.52. The molecule has 0 spiro atoms. The molecule has 6 nitrogen and oxygen atoms in total. The monoisotopic (exact) mass is 398 g/mol. The molecular formula is C17H19BrO6. The van der Waals surface area contributed by atoms with Crippen LogP contribution in [0.25, 0.3) is 6.08 Å². The van der Waals surface area contributed by atoms with Gasteiger partial charge in [-0.1, -0.05) is 22.0 Å². The van der Waals surface area contributed by atoms with Crippen molar-refractivity contribution in [2.75, 3.05) is 19.0 Å². The minimum absolute atomic E-state index is 0.163. The Morgan fingerprint density at radius 1 is 1.17 bits per heavy atom. The third-order valence-electron chi connectivity index (χ3n) is 3.15. The van der Waals surface area contributed by atoms with Crippen molar-refractivity contribution in [1.82, 2.24) is 0 Å². The number of methoxy groups -OCH3 is 1. The van der Waals surface area contributed by atoms with Crippen LogP contribution in [0.15, 0.2) is 23.8 Å². The number of benzene rings is 1. The molecular weight excluding hydrogens is 380 g/mol. The lowest BCUT2D eigenvalue weighted by atomic mass is 10.1. The van der Waals surface area contributed by atoms with Crippen molar-refractivity contribution in [2.45, 2.75) is 26.1 Å². The molecule has 7 heteroatoms. The second-order valence-corrected chi connectivity index (χ2v) is 6.33. The molecule has 0 radical (unpaired) electrons. The highest BCUT2D eigenvalue weighted by Gasteiger charge is 2.38. The van der Waals surface area contributed by atoms with Crippen molar-refractivity contribution in [3.63, 3.8) is 0 Å². The molecule has 1 heterocycles. The van der Waals surface area contributed by atoms with Crippen LogP contribution in [-0.2, 0) is 19.1 Å². The molecule has 0 unspecified atom stereocenters. The normalized spacial score (nSPS) is 16.2. The van der Waals surface area contributed by atoms with E-state index in [0.29, 0.717) is 23.7 Å². The zero-order valence-corrected chi connectivity index (χ0v) is 15.3. The first kappa shape index (κ1) is 18.3. The Balaban J connectivity index is 2.23. The largest absolute Gasteiger partial charge is 0.493 e. The fourth-order valence-corrected chi connectivity index (χ4v) is 2.30. The highest BCUT2D eigenvalue weighted by molar-refractivity contribution is 9.09. The molecule has 0 bridgehead atoms. The predicted molar refractivity (Wildman–Crippen MR) is 91.1 cm³/mol. The number of ether oxygens (including phenoxy) is 4. The summed E-state index contributed by atoms with van der Waals surface area (Å²) in [6.45, 7) is 3.55. The average Bonchev–Trinajstić information content (AvgIpc) is 2.51. The third-order valence-corrected chi connectivity index (χ3v) is 3.71. The van der Waals surface area contributed by atoms with Crippen molar-refractivity contribution in [2.24, 2.45) is 0 Å². The topological polar surface area (TPSA) is 71.1 Å². The van der Waals surface area contributed by atoms with Gasteiger partial charge in [0.25, 0.3) is 5.79 Å². The second-order valence-electron chi connectivity index (χ2n) is 5.54. The molecule has 1 aliphatic rings. The van der Waals surface area contributed by atoms with Gasteiger partial charge >= 0.3 is 11.9 Å². The summed E-state index contributed by atoms with van der Waals surface area (Å²) in [4.78, 5) is 23.9. The third kappa shape index (κ3) is 4.50. The first-order valence-electron chi connectivity index (χ1n) is 7.41. The minimum atomic E-state index is -1.25. The van der Waals surface area contributed by atoms with Gasteiger partial charge in [0.1, 0.15) is 5.57 Å². The van der Waals surface area contributed by atoms with E-state index < -0.39 is 17.7 Å². The molecule has 0 atom stereocenters. The van der Waals surface area contributed by atoms with Crippen LogP contribution in [0, 0.1) is 0 Å². The lowest BCUT2D eigenvalue weighted by Gasteiger charge is -2.29. The van der Waals surface area contributed by atoms with Gasteiger partial charge < -0.3 is 18.9 Å². The van der Waals surface area contributed by atoms with Gasteiger partial charge in [-0.15, -0.1) is 0 Å². The first-order valence-corrected chi connectivity index (χ1v) is 8.53. The van der Waals surface area contributed by atoms with E-state index in [9.17, 15) is 9.59 Å². The standard InChI is InChI=1S/C17H19BrO6/c1-17(2)23-15(19)12(16(20)24-17)9-11-5-6-13(14(10-11)21-3)22-8-4-7-18/h5-6,9-10H,4,7-8H2,1-3H3. The Morgan fingerprint density at radius 2 is 1.83 bits per heavy atom. The molecule has 1 aliphatic heterocycles. The molecule has 0 aromatic heterocycles. The summed E-state index contributed by atoms with van der Waals surface area (Å²) >= 11 is 3.34. The molecule has 0 saturated carbocycles. The van der Waals surface area contributed by atoms with Gasteiger partial charge in [0.2, 0.25) is 0 Å². The van der Waals surface area contributed by atoms with Crippen molar-refractivity contribution in [3.8, 4) is 11.5 Å². The number of alkyl halides is 1. The lowest BCUT2D eigenvalue weighted by molar-refractivity contribution is -0.222. The predicted octanol–water partition coefficient (Wildman–Crippen LogP) is 3.08. The maximum atomic E-state index is 12.0. The Kier molecular flexibility index (Phi) is 5.88. The van der Waals surface area contributed by atoms with E-state index in [2.05, 4.69) is 15.9 Å². The van der Waals surface area contributed by atoms with Gasteiger partial charge in [-0.05, 0) is 30.2 Å². The molecule has 1 saturated heterocycles. The Morgan fingerprint density at radius 3 is 2.42 bits per heavy atom. The minimum Gasteiger partial charge on any atom is -0.493 e. The summed E-state index contributed by atoms with van der Waals surface area (Å²) in [5.41, 5.74) is 0.438. The summed E-state index contributed by atoms with van der Waals surface area (Å²) in [5, 5.41) is 0.847. The van der Waals surface area contributed by atoms with Crippen LogP contribution in [0.3, 0.4) is 0 Å². The summed E-state index contributed by atoms with van der Waals surface area (Å²) in [6.07, 6.45) is 2.27. The van der Waals surface area contributed by atoms with Crippen LogP contribution in [0.5, 0.6) is 11.5 Å². The lowest BCUT2D eigenvalue weighted by Crippen LogP contribution is -2.41. The Hall–Kier alpha value is -2.02. The number of cyclic esters (lactones) is 2. The zero-order chi connectivity index (χ0) is 17.7. The maximum Gasteiger partial charge on any atom is 0.348 e. The average molecular weight is 399 g/mol. The zero-order valence-electron chi connectivity index (χ0n) is 13.8. The summed E-state index contributed by atoms with van der Waals surface area (Å²) in [6, 6.07) is 5.12. The van der Waals surface area contributed by atoms with Crippen molar-refractivity contribution in [1.29, 1.82) is 0 Å². The fraction of sp³-hybridized carbons (Fsp3) is 0.412. The quantitative estimate of drug-likeness (QED) is 0.241. The number of hydrogen-bond donors (Lipinski definition) is 0. The van der Waals surface area contributed by atoms with Gasteiger partial charge in [0.15, 0.2) is 11.5 Å². The molecule has 1 fully saturated rings. The van der Waals surface area contributed by atoms with Gasteiger partial charge in [-0.3, -0.25) is 0 Å². The SMILES string of the molecule is COc1cc(C=C2C(=O)OC(C)(C)OC2=O)ccc1OCCCBr.